The molecular weight excluding hydrogens is 230 g/mol. The first kappa shape index (κ1) is 14.7. The summed E-state index contributed by atoms with van der Waals surface area (Å²) in [5, 5.41) is 13.1. The summed E-state index contributed by atoms with van der Waals surface area (Å²) in [6.45, 7) is 7.39. The van der Waals surface area contributed by atoms with Crippen LogP contribution in [-0.4, -0.2) is 45.9 Å². The van der Waals surface area contributed by atoms with Gasteiger partial charge in [0.05, 0.1) is 18.4 Å². The predicted molar refractivity (Wildman–Crippen MR) is 70.5 cm³/mol. The van der Waals surface area contributed by atoms with Gasteiger partial charge in [-0.15, -0.1) is 0 Å². The molecule has 1 amide bonds. The lowest BCUT2D eigenvalue weighted by molar-refractivity contribution is 0.0766. The van der Waals surface area contributed by atoms with Gasteiger partial charge in [-0.2, -0.15) is 5.10 Å². The van der Waals surface area contributed by atoms with Crippen molar-refractivity contribution in [1.82, 2.24) is 14.7 Å². The quantitative estimate of drug-likeness (QED) is 0.831. The number of aliphatic hydroxyl groups excluding tert-OH is 1. The minimum Gasteiger partial charge on any atom is -0.395 e. The Morgan fingerprint density at radius 1 is 1.56 bits per heavy atom. The summed E-state index contributed by atoms with van der Waals surface area (Å²) >= 11 is 0. The van der Waals surface area contributed by atoms with Gasteiger partial charge < -0.3 is 10.0 Å². The zero-order valence-electron chi connectivity index (χ0n) is 11.7. The van der Waals surface area contributed by atoms with Crippen LogP contribution in [0.4, 0.5) is 0 Å². The molecule has 0 fully saturated rings. The molecule has 0 aromatic carbocycles. The maximum atomic E-state index is 12.1. The van der Waals surface area contributed by atoms with E-state index in [1.165, 1.54) is 4.90 Å². The molecule has 1 aromatic heterocycles. The van der Waals surface area contributed by atoms with E-state index >= 15 is 0 Å². The largest absolute Gasteiger partial charge is 0.395 e. The van der Waals surface area contributed by atoms with Gasteiger partial charge in [0, 0.05) is 25.8 Å². The lowest BCUT2D eigenvalue weighted by Crippen LogP contribution is -2.29. The van der Waals surface area contributed by atoms with Crippen LogP contribution >= 0.6 is 0 Å². The van der Waals surface area contributed by atoms with Crippen molar-refractivity contribution in [2.24, 2.45) is 5.92 Å². The minimum atomic E-state index is -0.0858. The van der Waals surface area contributed by atoms with Crippen molar-refractivity contribution in [1.29, 1.82) is 0 Å². The van der Waals surface area contributed by atoms with Gasteiger partial charge in [-0.25, -0.2) is 0 Å². The van der Waals surface area contributed by atoms with Gasteiger partial charge in [-0.3, -0.25) is 9.48 Å². The lowest BCUT2D eigenvalue weighted by atomic mass is 10.1. The van der Waals surface area contributed by atoms with Gasteiger partial charge in [-0.1, -0.05) is 13.8 Å². The van der Waals surface area contributed by atoms with E-state index in [9.17, 15) is 4.79 Å². The molecule has 102 valence electrons. The van der Waals surface area contributed by atoms with E-state index in [1.54, 1.807) is 13.2 Å². The van der Waals surface area contributed by atoms with Crippen molar-refractivity contribution in [2.45, 2.75) is 33.7 Å². The molecule has 0 aliphatic rings. The van der Waals surface area contributed by atoms with Crippen molar-refractivity contribution < 1.29 is 9.90 Å². The third kappa shape index (κ3) is 3.57. The zero-order chi connectivity index (χ0) is 13.7. The topological polar surface area (TPSA) is 58.4 Å². The highest BCUT2D eigenvalue weighted by Crippen LogP contribution is 2.12. The van der Waals surface area contributed by atoms with Crippen molar-refractivity contribution in [3.8, 4) is 0 Å². The first-order valence-electron chi connectivity index (χ1n) is 6.36. The summed E-state index contributed by atoms with van der Waals surface area (Å²) in [6.07, 6.45) is 2.66. The number of aromatic nitrogens is 2. The van der Waals surface area contributed by atoms with Crippen LogP contribution in [0.3, 0.4) is 0 Å². The fraction of sp³-hybridized carbons (Fsp3) is 0.692. The number of carbonyl (C=O) groups excluding carboxylic acids is 1. The van der Waals surface area contributed by atoms with Gasteiger partial charge in [-0.05, 0) is 19.3 Å². The average molecular weight is 253 g/mol. The number of rotatable bonds is 6. The molecule has 1 heterocycles. The second-order valence-corrected chi connectivity index (χ2v) is 5.00. The molecular formula is C13H23N3O2. The maximum Gasteiger partial charge on any atom is 0.257 e. The Balaban J connectivity index is 2.76. The van der Waals surface area contributed by atoms with Gasteiger partial charge in [0.2, 0.25) is 0 Å². The molecule has 5 nitrogen and oxygen atoms in total. The Hall–Kier alpha value is -1.36. The Morgan fingerprint density at radius 3 is 2.78 bits per heavy atom. The number of amides is 1. The van der Waals surface area contributed by atoms with Gasteiger partial charge in [0.1, 0.15) is 0 Å². The monoisotopic (exact) mass is 253 g/mol. The second-order valence-electron chi connectivity index (χ2n) is 5.00. The number of nitrogens with zero attached hydrogens (tertiary/aromatic N) is 3. The molecule has 0 aliphatic carbocycles. The van der Waals surface area contributed by atoms with Crippen LogP contribution in [0.2, 0.25) is 0 Å². The average Bonchev–Trinajstić information content (AvgIpc) is 2.67. The number of likely N-dealkylation sites (N-methyl/N-ethyl adjacent to an activating group) is 1. The van der Waals surface area contributed by atoms with Crippen LogP contribution in [0.25, 0.3) is 0 Å². The molecule has 0 spiro atoms. The molecule has 1 aromatic rings. The molecule has 0 radical (unpaired) electrons. The number of carbonyl (C=O) groups is 1. The van der Waals surface area contributed by atoms with Gasteiger partial charge >= 0.3 is 0 Å². The zero-order valence-corrected chi connectivity index (χ0v) is 11.7. The first-order chi connectivity index (χ1) is 8.47. The van der Waals surface area contributed by atoms with E-state index in [2.05, 4.69) is 18.9 Å². The molecule has 1 rings (SSSR count). The number of aryl methyl sites for hydroxylation is 1. The SMILES string of the molecule is Cc1c(C(=O)N(C)CCO)cnn1CCC(C)C. The molecule has 1 N–H and O–H groups in total. The highest BCUT2D eigenvalue weighted by molar-refractivity contribution is 5.94. The number of aliphatic hydroxyl groups is 1. The van der Waals surface area contributed by atoms with Crippen LogP contribution in [0, 0.1) is 12.8 Å². The van der Waals surface area contributed by atoms with E-state index in [4.69, 9.17) is 5.11 Å². The summed E-state index contributed by atoms with van der Waals surface area (Å²) < 4.78 is 1.88. The van der Waals surface area contributed by atoms with Crippen molar-refractivity contribution in [2.75, 3.05) is 20.2 Å². The fourth-order valence-corrected chi connectivity index (χ4v) is 1.72. The molecule has 0 aliphatic heterocycles. The minimum absolute atomic E-state index is 0.0250. The Bertz CT molecular complexity index is 399. The Labute approximate surface area is 108 Å². The number of hydrogen-bond acceptors (Lipinski definition) is 3. The van der Waals surface area contributed by atoms with Crippen LogP contribution < -0.4 is 0 Å². The molecule has 0 atom stereocenters. The summed E-state index contributed by atoms with van der Waals surface area (Å²) in [6, 6.07) is 0. The van der Waals surface area contributed by atoms with Crippen LogP contribution in [0.5, 0.6) is 0 Å². The normalized spacial score (nSPS) is 11.0. The molecule has 18 heavy (non-hydrogen) atoms. The standard InChI is InChI=1S/C13H23N3O2/c1-10(2)5-6-16-11(3)12(9-14-16)13(18)15(4)7-8-17/h9-10,17H,5-8H2,1-4H3. The highest BCUT2D eigenvalue weighted by atomic mass is 16.3. The van der Waals surface area contributed by atoms with E-state index in [0.717, 1.165) is 18.7 Å². The van der Waals surface area contributed by atoms with Crippen LogP contribution in [0.1, 0.15) is 36.3 Å². The highest BCUT2D eigenvalue weighted by Gasteiger charge is 2.17. The van der Waals surface area contributed by atoms with Gasteiger partial charge in [0.15, 0.2) is 0 Å². The summed E-state index contributed by atoms with van der Waals surface area (Å²) in [5.41, 5.74) is 1.51. The summed E-state index contributed by atoms with van der Waals surface area (Å²) in [7, 11) is 1.68. The third-order valence-corrected chi connectivity index (χ3v) is 3.03. The van der Waals surface area contributed by atoms with Gasteiger partial charge in [0.25, 0.3) is 5.91 Å². The second kappa shape index (κ2) is 6.54. The molecule has 5 heteroatoms. The molecule has 0 unspecified atom stereocenters. The predicted octanol–water partition coefficient (Wildman–Crippen LogP) is 1.30. The van der Waals surface area contributed by atoms with E-state index in [-0.39, 0.29) is 12.5 Å². The summed E-state index contributed by atoms with van der Waals surface area (Å²) in [4.78, 5) is 13.6. The first-order valence-corrected chi connectivity index (χ1v) is 6.36. The fourth-order valence-electron chi connectivity index (χ4n) is 1.72. The Kier molecular flexibility index (Phi) is 5.34. The molecule has 0 saturated carbocycles. The summed E-state index contributed by atoms with van der Waals surface area (Å²) in [5.74, 6) is 0.530. The third-order valence-electron chi connectivity index (χ3n) is 3.03. The van der Waals surface area contributed by atoms with E-state index in [0.29, 0.717) is 18.0 Å². The Morgan fingerprint density at radius 2 is 2.22 bits per heavy atom. The maximum absolute atomic E-state index is 12.1. The van der Waals surface area contributed by atoms with E-state index < -0.39 is 0 Å². The molecule has 0 bridgehead atoms. The lowest BCUT2D eigenvalue weighted by Gasteiger charge is -2.15. The van der Waals surface area contributed by atoms with Crippen molar-refractivity contribution in [3.63, 3.8) is 0 Å². The van der Waals surface area contributed by atoms with Crippen molar-refractivity contribution >= 4 is 5.91 Å². The molecule has 0 saturated heterocycles. The number of hydrogen-bond donors (Lipinski definition) is 1. The smallest absolute Gasteiger partial charge is 0.257 e. The van der Waals surface area contributed by atoms with Crippen molar-refractivity contribution in [3.05, 3.63) is 17.5 Å². The van der Waals surface area contributed by atoms with Crippen LogP contribution in [0.15, 0.2) is 6.20 Å². The van der Waals surface area contributed by atoms with Crippen LogP contribution in [-0.2, 0) is 6.54 Å². The van der Waals surface area contributed by atoms with E-state index in [1.807, 2.05) is 11.6 Å².